The molecule has 1 N–H and O–H groups in total. The molecule has 5 fully saturated rings. The van der Waals surface area contributed by atoms with Gasteiger partial charge in [0.1, 0.15) is 0 Å². The predicted octanol–water partition coefficient (Wildman–Crippen LogP) is 2.99. The molecule has 0 unspecified atom stereocenters. The van der Waals surface area contributed by atoms with Crippen LogP contribution in [0.5, 0.6) is 0 Å². The minimum Gasteiger partial charge on any atom is -0.378 e. The average molecular weight is 385 g/mol. The molecule has 7 nitrogen and oxygen atoms in total. The molecule has 1 aromatic rings. The number of rotatable bonds is 4. The van der Waals surface area contributed by atoms with Gasteiger partial charge in [-0.15, -0.1) is 0 Å². The molecule has 5 aliphatic rings. The molecule has 0 spiro atoms. The minimum absolute atomic E-state index is 0.0350. The zero-order chi connectivity index (χ0) is 19.3. The first-order chi connectivity index (χ1) is 13.6. The van der Waals surface area contributed by atoms with E-state index in [1.807, 2.05) is 0 Å². The molecule has 28 heavy (non-hydrogen) atoms. The number of nitrogens with zero attached hydrogens (tertiary/aromatic N) is 2. The Labute approximate surface area is 164 Å². The van der Waals surface area contributed by atoms with Gasteiger partial charge in [-0.05, 0) is 61.8 Å². The van der Waals surface area contributed by atoms with Crippen LogP contribution in [-0.4, -0.2) is 43.2 Å². The van der Waals surface area contributed by atoms with Crippen molar-refractivity contribution in [2.24, 2.45) is 23.7 Å². The molecule has 1 saturated heterocycles. The van der Waals surface area contributed by atoms with Crippen molar-refractivity contribution in [1.29, 1.82) is 0 Å². The van der Waals surface area contributed by atoms with Gasteiger partial charge in [-0.2, -0.15) is 0 Å². The summed E-state index contributed by atoms with van der Waals surface area (Å²) in [6, 6.07) is 4.87. The van der Waals surface area contributed by atoms with Gasteiger partial charge in [-0.25, -0.2) is 0 Å². The Kier molecular flexibility index (Phi) is 4.50. The van der Waals surface area contributed by atoms with Gasteiger partial charge in [0.05, 0.1) is 29.4 Å². The summed E-state index contributed by atoms with van der Waals surface area (Å²) in [7, 11) is 0. The highest BCUT2D eigenvalue weighted by Gasteiger charge is 2.48. The van der Waals surface area contributed by atoms with Crippen LogP contribution in [0.4, 0.5) is 11.4 Å². The Morgan fingerprint density at radius 3 is 2.32 bits per heavy atom. The van der Waals surface area contributed by atoms with E-state index >= 15 is 0 Å². The Morgan fingerprint density at radius 2 is 1.71 bits per heavy atom. The van der Waals surface area contributed by atoms with Crippen molar-refractivity contribution in [3.63, 3.8) is 0 Å². The van der Waals surface area contributed by atoms with E-state index in [4.69, 9.17) is 4.74 Å². The van der Waals surface area contributed by atoms with Gasteiger partial charge in [0.2, 0.25) is 0 Å². The van der Waals surface area contributed by atoms with Crippen LogP contribution < -0.4 is 10.2 Å². The van der Waals surface area contributed by atoms with Crippen LogP contribution in [0.2, 0.25) is 0 Å². The normalized spacial score (nSPS) is 33.7. The highest BCUT2D eigenvalue weighted by molar-refractivity contribution is 6.00. The second kappa shape index (κ2) is 7.03. The Hall–Kier alpha value is -2.15. The minimum atomic E-state index is -0.428. The van der Waals surface area contributed by atoms with Crippen molar-refractivity contribution in [2.75, 3.05) is 31.2 Å². The molecule has 4 saturated carbocycles. The van der Waals surface area contributed by atoms with Crippen LogP contribution >= 0.6 is 0 Å². The van der Waals surface area contributed by atoms with E-state index in [0.29, 0.717) is 43.7 Å². The lowest BCUT2D eigenvalue weighted by Gasteiger charge is -2.54. The molecule has 0 aromatic heterocycles. The summed E-state index contributed by atoms with van der Waals surface area (Å²) in [4.78, 5) is 26.2. The molecular weight excluding hydrogens is 358 g/mol. The van der Waals surface area contributed by atoms with Crippen LogP contribution in [0, 0.1) is 33.8 Å². The number of amides is 1. The fourth-order valence-corrected chi connectivity index (χ4v) is 6.29. The van der Waals surface area contributed by atoms with Crippen molar-refractivity contribution >= 4 is 17.3 Å². The SMILES string of the molecule is O=C(NC1C2CC3CC(C2)CC1C3)c1cc([N+](=O)[O-])ccc1N1CCOCC1. The standard InChI is InChI=1S/C21H27N3O4/c25-21(22-20-15-8-13-7-14(10-15)11-16(20)9-13)18-12-17(24(26)27)1-2-19(18)23-3-5-28-6-4-23/h1-2,12-16,20H,3-11H2,(H,22,25). The molecule has 4 bridgehead atoms. The van der Waals surface area contributed by atoms with E-state index in [9.17, 15) is 14.9 Å². The highest BCUT2D eigenvalue weighted by atomic mass is 16.6. The van der Waals surface area contributed by atoms with E-state index in [1.165, 1.54) is 44.2 Å². The maximum Gasteiger partial charge on any atom is 0.270 e. The number of benzene rings is 1. The number of non-ortho nitro benzene ring substituents is 1. The summed E-state index contributed by atoms with van der Waals surface area (Å²) in [6.07, 6.45) is 6.28. The largest absolute Gasteiger partial charge is 0.378 e. The number of ether oxygens (including phenoxy) is 1. The lowest BCUT2D eigenvalue weighted by atomic mass is 9.54. The zero-order valence-electron chi connectivity index (χ0n) is 16.0. The summed E-state index contributed by atoms with van der Waals surface area (Å²) in [5.41, 5.74) is 1.16. The van der Waals surface area contributed by atoms with E-state index in [-0.39, 0.29) is 17.6 Å². The Balaban J connectivity index is 1.41. The topological polar surface area (TPSA) is 84.7 Å². The Bertz CT molecular complexity index is 762. The summed E-state index contributed by atoms with van der Waals surface area (Å²) >= 11 is 0. The quantitative estimate of drug-likeness (QED) is 0.636. The summed E-state index contributed by atoms with van der Waals surface area (Å²) in [6.45, 7) is 2.59. The molecule has 150 valence electrons. The van der Waals surface area contributed by atoms with Crippen LogP contribution in [-0.2, 0) is 4.74 Å². The van der Waals surface area contributed by atoms with Gasteiger partial charge in [-0.1, -0.05) is 0 Å². The first kappa shape index (κ1) is 17.9. The molecule has 0 atom stereocenters. The van der Waals surface area contributed by atoms with E-state index in [0.717, 1.165) is 17.5 Å². The molecule has 0 radical (unpaired) electrons. The maximum absolute atomic E-state index is 13.3. The molecule has 4 aliphatic carbocycles. The van der Waals surface area contributed by atoms with Gasteiger partial charge in [0, 0.05) is 31.3 Å². The van der Waals surface area contributed by atoms with Crippen molar-refractivity contribution < 1.29 is 14.5 Å². The average Bonchev–Trinajstić information content (AvgIpc) is 2.70. The number of anilines is 1. The first-order valence-electron chi connectivity index (χ1n) is 10.5. The number of nitrogens with one attached hydrogen (secondary N) is 1. The zero-order valence-corrected chi connectivity index (χ0v) is 16.0. The summed E-state index contributed by atoms with van der Waals surface area (Å²) in [5, 5.41) is 14.6. The third-order valence-electron chi connectivity index (χ3n) is 7.31. The molecule has 1 heterocycles. The number of carbonyl (C=O) groups is 1. The number of carbonyl (C=O) groups excluding carboxylic acids is 1. The van der Waals surface area contributed by atoms with E-state index in [2.05, 4.69) is 10.2 Å². The smallest absolute Gasteiger partial charge is 0.270 e. The monoisotopic (exact) mass is 385 g/mol. The maximum atomic E-state index is 13.3. The van der Waals surface area contributed by atoms with Gasteiger partial charge in [0.15, 0.2) is 0 Å². The van der Waals surface area contributed by atoms with Crippen molar-refractivity contribution in [3.05, 3.63) is 33.9 Å². The summed E-state index contributed by atoms with van der Waals surface area (Å²) < 4.78 is 5.42. The highest BCUT2D eigenvalue weighted by Crippen LogP contribution is 2.53. The van der Waals surface area contributed by atoms with Gasteiger partial charge in [0.25, 0.3) is 11.6 Å². The number of nitro benzene ring substituents is 1. The third-order valence-corrected chi connectivity index (χ3v) is 7.31. The fraction of sp³-hybridized carbons (Fsp3) is 0.667. The number of morpholine rings is 1. The van der Waals surface area contributed by atoms with Gasteiger partial charge < -0.3 is 15.0 Å². The number of hydrogen-bond acceptors (Lipinski definition) is 5. The summed E-state index contributed by atoms with van der Waals surface area (Å²) in [5.74, 6) is 2.67. The predicted molar refractivity (Wildman–Crippen MR) is 104 cm³/mol. The molecular formula is C21H27N3O4. The van der Waals surface area contributed by atoms with Gasteiger partial charge in [-0.3, -0.25) is 14.9 Å². The Morgan fingerprint density at radius 1 is 1.07 bits per heavy atom. The molecule has 7 heteroatoms. The van der Waals surface area contributed by atoms with Crippen molar-refractivity contribution in [3.8, 4) is 0 Å². The molecule has 1 amide bonds. The first-order valence-corrected chi connectivity index (χ1v) is 10.5. The van der Waals surface area contributed by atoms with Crippen molar-refractivity contribution in [1.82, 2.24) is 5.32 Å². The lowest BCUT2D eigenvalue weighted by molar-refractivity contribution is -0.384. The van der Waals surface area contributed by atoms with Crippen LogP contribution in [0.25, 0.3) is 0 Å². The number of hydrogen-bond donors (Lipinski definition) is 1. The van der Waals surface area contributed by atoms with Crippen LogP contribution in [0.3, 0.4) is 0 Å². The van der Waals surface area contributed by atoms with Gasteiger partial charge >= 0.3 is 0 Å². The van der Waals surface area contributed by atoms with Crippen LogP contribution in [0.1, 0.15) is 42.5 Å². The number of nitro groups is 1. The fourth-order valence-electron chi connectivity index (χ4n) is 6.29. The molecule has 1 aromatic carbocycles. The lowest BCUT2D eigenvalue weighted by Crippen LogP contribution is -2.56. The molecule has 1 aliphatic heterocycles. The second-order valence-corrected chi connectivity index (χ2v) is 8.99. The van der Waals surface area contributed by atoms with E-state index in [1.54, 1.807) is 6.07 Å². The molecule has 6 rings (SSSR count). The third kappa shape index (κ3) is 3.15. The van der Waals surface area contributed by atoms with Crippen LogP contribution in [0.15, 0.2) is 18.2 Å². The van der Waals surface area contributed by atoms with E-state index < -0.39 is 4.92 Å². The second-order valence-electron chi connectivity index (χ2n) is 8.99. The van der Waals surface area contributed by atoms with Crippen molar-refractivity contribution in [2.45, 2.75) is 38.1 Å².